The van der Waals surface area contributed by atoms with Gasteiger partial charge in [0.1, 0.15) is 5.82 Å². The minimum absolute atomic E-state index is 0.206. The molecule has 1 aromatic rings. The van der Waals surface area contributed by atoms with Crippen molar-refractivity contribution in [1.29, 1.82) is 0 Å². The van der Waals surface area contributed by atoms with Crippen LogP contribution in [-0.4, -0.2) is 35.1 Å². The van der Waals surface area contributed by atoms with Gasteiger partial charge in [-0.3, -0.25) is 10.0 Å². The minimum atomic E-state index is -0.439. The van der Waals surface area contributed by atoms with Crippen LogP contribution in [0.4, 0.5) is 14.9 Å². The monoisotopic (exact) mass is 337 g/mol. The number of hydrogen-bond donors (Lipinski definition) is 3. The third kappa shape index (κ3) is 5.19. The molecule has 1 fully saturated rings. The summed E-state index contributed by atoms with van der Waals surface area (Å²) in [4.78, 5) is 24.9. The Balaban J connectivity index is 1.76. The van der Waals surface area contributed by atoms with Crippen molar-refractivity contribution in [3.63, 3.8) is 0 Å². The van der Waals surface area contributed by atoms with Crippen molar-refractivity contribution < 1.29 is 19.2 Å². The maximum absolute atomic E-state index is 13.7. The smallest absolute Gasteiger partial charge is 0.321 e. The van der Waals surface area contributed by atoms with E-state index in [1.807, 2.05) is 6.92 Å². The Morgan fingerprint density at radius 2 is 2.04 bits per heavy atom. The molecule has 1 aliphatic heterocycles. The molecule has 1 aromatic carbocycles. The molecule has 0 saturated carbocycles. The molecule has 1 aliphatic rings. The summed E-state index contributed by atoms with van der Waals surface area (Å²) in [6.07, 6.45) is 3.66. The number of anilines is 1. The van der Waals surface area contributed by atoms with Crippen molar-refractivity contribution in [3.8, 4) is 0 Å². The Morgan fingerprint density at radius 3 is 2.71 bits per heavy atom. The van der Waals surface area contributed by atoms with Crippen LogP contribution in [0.25, 0.3) is 0 Å². The molecule has 3 amide bonds. The van der Waals surface area contributed by atoms with Gasteiger partial charge in [0, 0.05) is 19.5 Å². The second kappa shape index (κ2) is 8.63. The van der Waals surface area contributed by atoms with E-state index in [2.05, 4.69) is 5.32 Å². The van der Waals surface area contributed by atoms with Gasteiger partial charge in [-0.05, 0) is 56.2 Å². The molecule has 3 N–H and O–H groups in total. The van der Waals surface area contributed by atoms with E-state index in [1.165, 1.54) is 6.07 Å². The predicted octanol–water partition coefficient (Wildman–Crippen LogP) is 3.05. The van der Waals surface area contributed by atoms with Crippen LogP contribution in [0.2, 0.25) is 0 Å². The summed E-state index contributed by atoms with van der Waals surface area (Å²) >= 11 is 0. The number of piperidine rings is 1. The lowest BCUT2D eigenvalue weighted by molar-refractivity contribution is -0.129. The molecule has 0 radical (unpaired) electrons. The summed E-state index contributed by atoms with van der Waals surface area (Å²) in [6.45, 7) is 3.09. The summed E-state index contributed by atoms with van der Waals surface area (Å²) in [5.41, 5.74) is 2.72. The standard InChI is InChI=1S/C17H24FN3O3/c1-12-5-6-14(18)15(11-12)19-17(23)21-9-7-13(8-10-21)3-2-4-16(22)20-24/h5-6,11,13,24H,2-4,7-10H2,1H3,(H,19,23)(H,20,22). The van der Waals surface area contributed by atoms with Gasteiger partial charge in [0.15, 0.2) is 0 Å². The number of nitrogens with one attached hydrogen (secondary N) is 2. The number of rotatable bonds is 5. The van der Waals surface area contributed by atoms with Crippen LogP contribution in [0.1, 0.15) is 37.7 Å². The van der Waals surface area contributed by atoms with Crippen LogP contribution in [0.3, 0.4) is 0 Å². The Labute approximate surface area is 141 Å². The molecule has 0 spiro atoms. The van der Waals surface area contributed by atoms with E-state index in [0.717, 1.165) is 31.2 Å². The number of benzene rings is 1. The molecule has 0 atom stereocenters. The summed E-state index contributed by atoms with van der Waals surface area (Å²) in [5.74, 6) is -0.339. The van der Waals surface area contributed by atoms with E-state index < -0.39 is 5.82 Å². The third-order valence-corrected chi connectivity index (χ3v) is 4.41. The zero-order valence-corrected chi connectivity index (χ0v) is 13.8. The highest BCUT2D eigenvalue weighted by molar-refractivity contribution is 5.89. The SMILES string of the molecule is Cc1ccc(F)c(NC(=O)N2CCC(CCCC(=O)NO)CC2)c1. The third-order valence-electron chi connectivity index (χ3n) is 4.41. The van der Waals surface area contributed by atoms with Gasteiger partial charge in [0.2, 0.25) is 5.91 Å². The van der Waals surface area contributed by atoms with Gasteiger partial charge in [-0.2, -0.15) is 0 Å². The van der Waals surface area contributed by atoms with Gasteiger partial charge in [-0.25, -0.2) is 14.7 Å². The zero-order chi connectivity index (χ0) is 17.5. The summed E-state index contributed by atoms with van der Waals surface area (Å²) in [5, 5.41) is 11.1. The first kappa shape index (κ1) is 18.2. The maximum atomic E-state index is 13.7. The van der Waals surface area contributed by atoms with Crippen molar-refractivity contribution in [3.05, 3.63) is 29.6 Å². The zero-order valence-electron chi connectivity index (χ0n) is 13.8. The Kier molecular flexibility index (Phi) is 6.54. The molecule has 2 rings (SSSR count). The Hall–Kier alpha value is -2.15. The van der Waals surface area contributed by atoms with Gasteiger partial charge in [-0.1, -0.05) is 6.07 Å². The van der Waals surface area contributed by atoms with Crippen molar-refractivity contribution in [2.45, 2.75) is 39.0 Å². The molecular weight excluding hydrogens is 313 g/mol. The molecule has 132 valence electrons. The molecule has 1 heterocycles. The predicted molar refractivity (Wildman–Crippen MR) is 88.2 cm³/mol. The van der Waals surface area contributed by atoms with Crippen LogP contribution in [-0.2, 0) is 4.79 Å². The lowest BCUT2D eigenvalue weighted by atomic mass is 9.91. The number of carbonyl (C=O) groups is 2. The molecule has 1 saturated heterocycles. The Bertz CT molecular complexity index is 586. The number of aryl methyl sites for hydroxylation is 1. The molecule has 6 nitrogen and oxygen atoms in total. The summed E-state index contributed by atoms with van der Waals surface area (Å²) in [7, 11) is 0. The highest BCUT2D eigenvalue weighted by Crippen LogP contribution is 2.23. The van der Waals surface area contributed by atoms with Crippen LogP contribution < -0.4 is 10.8 Å². The average molecular weight is 337 g/mol. The van der Waals surface area contributed by atoms with Crippen molar-refractivity contribution in [1.82, 2.24) is 10.4 Å². The number of urea groups is 1. The number of hydrogen-bond acceptors (Lipinski definition) is 3. The van der Waals surface area contributed by atoms with Gasteiger partial charge in [0.05, 0.1) is 5.69 Å². The number of halogens is 1. The minimum Gasteiger partial charge on any atom is -0.325 e. The van der Waals surface area contributed by atoms with Crippen LogP contribution in [0.5, 0.6) is 0 Å². The van der Waals surface area contributed by atoms with Gasteiger partial charge in [-0.15, -0.1) is 0 Å². The van der Waals surface area contributed by atoms with E-state index in [4.69, 9.17) is 5.21 Å². The van der Waals surface area contributed by atoms with Crippen molar-refractivity contribution in [2.24, 2.45) is 5.92 Å². The Morgan fingerprint density at radius 1 is 1.33 bits per heavy atom. The number of hydroxylamine groups is 1. The summed E-state index contributed by atoms with van der Waals surface area (Å²) in [6, 6.07) is 4.34. The fraction of sp³-hybridized carbons (Fsp3) is 0.529. The van der Waals surface area contributed by atoms with Gasteiger partial charge in [0.25, 0.3) is 0 Å². The molecule has 0 bridgehead atoms. The van der Waals surface area contributed by atoms with Crippen LogP contribution in [0, 0.1) is 18.7 Å². The number of nitrogens with zero attached hydrogens (tertiary/aromatic N) is 1. The van der Waals surface area contributed by atoms with Crippen molar-refractivity contribution >= 4 is 17.6 Å². The second-order valence-electron chi connectivity index (χ2n) is 6.27. The number of amides is 3. The molecule has 0 aliphatic carbocycles. The second-order valence-corrected chi connectivity index (χ2v) is 6.27. The number of likely N-dealkylation sites (tertiary alicyclic amines) is 1. The van der Waals surface area contributed by atoms with Crippen molar-refractivity contribution in [2.75, 3.05) is 18.4 Å². The lowest BCUT2D eigenvalue weighted by Crippen LogP contribution is -2.41. The van der Waals surface area contributed by atoms with Gasteiger partial charge >= 0.3 is 6.03 Å². The largest absolute Gasteiger partial charge is 0.325 e. The topological polar surface area (TPSA) is 81.7 Å². The van der Waals surface area contributed by atoms with Crippen LogP contribution >= 0.6 is 0 Å². The molecule has 7 heteroatoms. The van der Waals surface area contributed by atoms with E-state index >= 15 is 0 Å². The van der Waals surface area contributed by atoms with E-state index in [0.29, 0.717) is 25.4 Å². The van der Waals surface area contributed by atoms with E-state index in [-0.39, 0.29) is 17.6 Å². The molecule has 0 aromatic heterocycles. The first-order valence-corrected chi connectivity index (χ1v) is 8.24. The van der Waals surface area contributed by atoms with E-state index in [1.54, 1.807) is 22.5 Å². The molecular formula is C17H24FN3O3. The quantitative estimate of drug-likeness (QED) is 0.570. The average Bonchev–Trinajstić information content (AvgIpc) is 2.58. The first-order chi connectivity index (χ1) is 11.5. The molecule has 24 heavy (non-hydrogen) atoms. The maximum Gasteiger partial charge on any atom is 0.321 e. The molecule has 0 unspecified atom stereocenters. The fourth-order valence-electron chi connectivity index (χ4n) is 2.96. The first-order valence-electron chi connectivity index (χ1n) is 8.24. The lowest BCUT2D eigenvalue weighted by Gasteiger charge is -2.32. The fourth-order valence-corrected chi connectivity index (χ4v) is 2.96. The van der Waals surface area contributed by atoms with Crippen LogP contribution in [0.15, 0.2) is 18.2 Å². The highest BCUT2D eigenvalue weighted by Gasteiger charge is 2.23. The van der Waals surface area contributed by atoms with Gasteiger partial charge < -0.3 is 10.2 Å². The number of carbonyl (C=O) groups excluding carboxylic acids is 2. The normalized spacial score (nSPS) is 15.2. The summed E-state index contributed by atoms with van der Waals surface area (Å²) < 4.78 is 13.7. The highest BCUT2D eigenvalue weighted by atomic mass is 19.1. The van der Waals surface area contributed by atoms with E-state index in [9.17, 15) is 14.0 Å².